The predicted molar refractivity (Wildman–Crippen MR) is 58.4 cm³/mol. The monoisotopic (exact) mass is 239 g/mol. The van der Waals surface area contributed by atoms with E-state index in [1.54, 1.807) is 0 Å². The van der Waals surface area contributed by atoms with E-state index in [-0.39, 0.29) is 23.5 Å². The van der Waals surface area contributed by atoms with Crippen molar-refractivity contribution < 1.29 is 24.1 Å². The van der Waals surface area contributed by atoms with Crippen molar-refractivity contribution in [2.75, 3.05) is 7.11 Å². The summed E-state index contributed by atoms with van der Waals surface area (Å²) in [4.78, 5) is 11.6. The van der Waals surface area contributed by atoms with Gasteiger partial charge in [0.2, 0.25) is 0 Å². The van der Waals surface area contributed by atoms with E-state index in [9.17, 15) is 4.79 Å². The summed E-state index contributed by atoms with van der Waals surface area (Å²) in [7, 11) is -0.308. The normalized spacial score (nSPS) is 23.7. The zero-order valence-electron chi connectivity index (χ0n) is 9.50. The lowest BCUT2D eigenvalue weighted by Crippen LogP contribution is -2.28. The Morgan fingerprint density at radius 2 is 2.35 bits per heavy atom. The Hall–Kier alpha value is -1.34. The van der Waals surface area contributed by atoms with Gasteiger partial charge in [-0.25, -0.2) is 0 Å². The van der Waals surface area contributed by atoms with Crippen LogP contribution in [0, 0.1) is 5.92 Å². The Bertz CT molecular complexity index is 405. The third-order valence-corrected chi connectivity index (χ3v) is 3.20. The van der Waals surface area contributed by atoms with Crippen molar-refractivity contribution in [3.05, 3.63) is 11.8 Å². The molecule has 2 N–H and O–H groups in total. The third-order valence-electron chi connectivity index (χ3n) is 3.20. The molecule has 2 rings (SSSR count). The van der Waals surface area contributed by atoms with Gasteiger partial charge in [0, 0.05) is 12.0 Å². The van der Waals surface area contributed by atoms with Crippen LogP contribution in [0.5, 0.6) is 0 Å². The van der Waals surface area contributed by atoms with Gasteiger partial charge in [-0.2, -0.15) is 0 Å². The highest BCUT2D eigenvalue weighted by molar-refractivity contribution is 6.56. The summed E-state index contributed by atoms with van der Waals surface area (Å²) in [6.07, 6.45) is 2.52. The van der Waals surface area contributed by atoms with Crippen LogP contribution in [0.15, 0.2) is 10.6 Å². The standard InChI is InChI=1S/C10H14BNO5/c1-16-10(13)7-4-2-3-6(7)8-5-9(11(14)15)17-12-8/h5-7,14-15H,2-4H2,1H3/t6-,7-/m0/s1. The number of rotatable bonds is 3. The van der Waals surface area contributed by atoms with Crippen molar-refractivity contribution in [2.45, 2.75) is 25.2 Å². The SMILES string of the molecule is COC(=O)[C@H]1CCC[C@@H]1c1cc(B(O)O)on1. The highest BCUT2D eigenvalue weighted by Gasteiger charge is 2.37. The number of methoxy groups -OCH3 is 1. The molecule has 1 aliphatic rings. The van der Waals surface area contributed by atoms with Crippen LogP contribution in [0.25, 0.3) is 0 Å². The molecule has 0 aliphatic heterocycles. The minimum absolute atomic E-state index is 0.00415. The van der Waals surface area contributed by atoms with Gasteiger partial charge in [0.15, 0.2) is 5.66 Å². The molecule has 2 atom stereocenters. The van der Waals surface area contributed by atoms with Crippen LogP contribution >= 0.6 is 0 Å². The lowest BCUT2D eigenvalue weighted by atomic mass is 9.85. The first-order valence-electron chi connectivity index (χ1n) is 5.54. The average Bonchev–Trinajstić information content (AvgIpc) is 2.95. The highest BCUT2D eigenvalue weighted by atomic mass is 16.5. The minimum atomic E-state index is -1.67. The van der Waals surface area contributed by atoms with Gasteiger partial charge in [-0.15, -0.1) is 0 Å². The lowest BCUT2D eigenvalue weighted by Gasteiger charge is -2.14. The molecule has 6 nitrogen and oxygen atoms in total. The second-order valence-corrected chi connectivity index (χ2v) is 4.19. The van der Waals surface area contributed by atoms with E-state index in [4.69, 9.17) is 19.3 Å². The maximum Gasteiger partial charge on any atom is 0.529 e. The second kappa shape index (κ2) is 4.89. The Morgan fingerprint density at radius 1 is 1.59 bits per heavy atom. The zero-order valence-corrected chi connectivity index (χ0v) is 9.50. The van der Waals surface area contributed by atoms with Crippen molar-refractivity contribution >= 4 is 18.7 Å². The second-order valence-electron chi connectivity index (χ2n) is 4.19. The Kier molecular flexibility index (Phi) is 3.49. The van der Waals surface area contributed by atoms with Gasteiger partial charge in [-0.1, -0.05) is 11.6 Å². The first kappa shape index (κ1) is 12.1. The van der Waals surface area contributed by atoms with Gasteiger partial charge in [0.25, 0.3) is 0 Å². The van der Waals surface area contributed by atoms with Gasteiger partial charge in [-0.3, -0.25) is 4.79 Å². The number of nitrogens with zero attached hydrogens (tertiary/aromatic N) is 1. The van der Waals surface area contributed by atoms with Crippen LogP contribution in [0.1, 0.15) is 30.9 Å². The summed E-state index contributed by atoms with van der Waals surface area (Å²) in [5.74, 6) is -0.519. The van der Waals surface area contributed by atoms with E-state index in [0.717, 1.165) is 19.3 Å². The van der Waals surface area contributed by atoms with Crippen LogP contribution in [-0.2, 0) is 9.53 Å². The molecule has 1 heterocycles. The van der Waals surface area contributed by atoms with Crippen molar-refractivity contribution in [3.63, 3.8) is 0 Å². The molecule has 0 bridgehead atoms. The van der Waals surface area contributed by atoms with Gasteiger partial charge in [0.1, 0.15) is 0 Å². The molecular formula is C10H14BNO5. The van der Waals surface area contributed by atoms with Crippen LogP contribution in [0.4, 0.5) is 0 Å². The van der Waals surface area contributed by atoms with Crippen LogP contribution < -0.4 is 5.66 Å². The Labute approximate surface area is 98.7 Å². The van der Waals surface area contributed by atoms with Crippen molar-refractivity contribution in [1.29, 1.82) is 0 Å². The maximum absolute atomic E-state index is 11.6. The van der Waals surface area contributed by atoms with E-state index < -0.39 is 7.12 Å². The number of carbonyl (C=O) groups excluding carboxylic acids is 1. The zero-order chi connectivity index (χ0) is 12.4. The number of ether oxygens (including phenoxy) is 1. The molecule has 0 amide bonds. The summed E-state index contributed by atoms with van der Waals surface area (Å²) in [5.41, 5.74) is 0.580. The predicted octanol–water partition coefficient (Wildman–Crippen LogP) is -0.589. The quantitative estimate of drug-likeness (QED) is 0.541. The molecule has 1 aliphatic carbocycles. The Balaban J connectivity index is 2.17. The van der Waals surface area contributed by atoms with Crippen LogP contribution in [0.2, 0.25) is 0 Å². The van der Waals surface area contributed by atoms with E-state index in [1.807, 2.05) is 0 Å². The molecule has 0 unspecified atom stereocenters. The van der Waals surface area contributed by atoms with Gasteiger partial charge < -0.3 is 19.3 Å². The fraction of sp³-hybridized carbons (Fsp3) is 0.600. The fourth-order valence-electron chi connectivity index (χ4n) is 2.35. The molecule has 1 fully saturated rings. The molecule has 0 radical (unpaired) electrons. The molecule has 17 heavy (non-hydrogen) atoms. The summed E-state index contributed by atoms with van der Waals surface area (Å²) < 4.78 is 9.54. The van der Waals surface area contributed by atoms with E-state index in [2.05, 4.69) is 5.16 Å². The third kappa shape index (κ3) is 2.35. The minimum Gasteiger partial charge on any atom is -0.469 e. The molecule has 0 spiro atoms. The largest absolute Gasteiger partial charge is 0.529 e. The molecule has 0 saturated heterocycles. The van der Waals surface area contributed by atoms with E-state index >= 15 is 0 Å². The molecule has 1 aromatic rings. The van der Waals surface area contributed by atoms with E-state index in [1.165, 1.54) is 13.2 Å². The number of hydrogen-bond acceptors (Lipinski definition) is 6. The van der Waals surface area contributed by atoms with Crippen LogP contribution in [-0.4, -0.2) is 35.4 Å². The first-order chi connectivity index (χ1) is 8.13. The average molecular weight is 239 g/mol. The van der Waals surface area contributed by atoms with Crippen molar-refractivity contribution in [3.8, 4) is 0 Å². The molecule has 1 saturated carbocycles. The maximum atomic E-state index is 11.6. The molecule has 92 valence electrons. The number of carbonyl (C=O) groups is 1. The summed E-state index contributed by atoms with van der Waals surface area (Å²) in [6, 6.07) is 1.48. The Morgan fingerprint density at radius 3 is 2.94 bits per heavy atom. The van der Waals surface area contributed by atoms with E-state index in [0.29, 0.717) is 5.69 Å². The summed E-state index contributed by atoms with van der Waals surface area (Å²) >= 11 is 0. The van der Waals surface area contributed by atoms with Crippen molar-refractivity contribution in [2.24, 2.45) is 5.92 Å². The molecule has 1 aromatic heterocycles. The summed E-state index contributed by atoms with van der Waals surface area (Å²) in [6.45, 7) is 0. The van der Waals surface area contributed by atoms with Crippen LogP contribution in [0.3, 0.4) is 0 Å². The van der Waals surface area contributed by atoms with Gasteiger partial charge >= 0.3 is 13.1 Å². The van der Waals surface area contributed by atoms with Crippen molar-refractivity contribution in [1.82, 2.24) is 5.16 Å². The highest BCUT2D eigenvalue weighted by Crippen LogP contribution is 2.39. The summed E-state index contributed by atoms with van der Waals surface area (Å²) in [5, 5.41) is 21.6. The van der Waals surface area contributed by atoms with Gasteiger partial charge in [-0.05, 0) is 12.8 Å². The molecule has 0 aromatic carbocycles. The number of hydrogen-bond donors (Lipinski definition) is 2. The molecular weight excluding hydrogens is 225 g/mol. The first-order valence-corrected chi connectivity index (χ1v) is 5.54. The number of aromatic nitrogens is 1. The topological polar surface area (TPSA) is 92.8 Å². The lowest BCUT2D eigenvalue weighted by molar-refractivity contribution is -0.145. The fourth-order valence-corrected chi connectivity index (χ4v) is 2.35. The number of esters is 1. The van der Waals surface area contributed by atoms with Gasteiger partial charge in [0.05, 0.1) is 18.7 Å². The smallest absolute Gasteiger partial charge is 0.469 e. The molecule has 7 heteroatoms.